The Morgan fingerprint density at radius 3 is 2.76 bits per heavy atom. The first-order valence-corrected chi connectivity index (χ1v) is 11.4. The van der Waals surface area contributed by atoms with Crippen LogP contribution >= 0.6 is 11.8 Å². The number of para-hydroxylation sites is 2. The summed E-state index contributed by atoms with van der Waals surface area (Å²) in [4.78, 5) is 21.5. The van der Waals surface area contributed by atoms with Crippen LogP contribution in [-0.4, -0.2) is 28.9 Å². The highest BCUT2D eigenvalue weighted by Crippen LogP contribution is 2.40. The van der Waals surface area contributed by atoms with Gasteiger partial charge in [0.25, 0.3) is 5.91 Å². The number of rotatable bonds is 4. The third kappa shape index (κ3) is 3.71. The molecule has 1 fully saturated rings. The van der Waals surface area contributed by atoms with Gasteiger partial charge in [-0.3, -0.25) is 9.78 Å². The van der Waals surface area contributed by atoms with Gasteiger partial charge in [-0.1, -0.05) is 49.6 Å². The largest absolute Gasteiger partial charge is 0.359 e. The van der Waals surface area contributed by atoms with Gasteiger partial charge in [0.1, 0.15) is 0 Å². The van der Waals surface area contributed by atoms with E-state index in [0.717, 1.165) is 36.2 Å². The Labute approximate surface area is 175 Å². The second-order valence-corrected chi connectivity index (χ2v) is 9.14. The number of nitrogens with one attached hydrogen (secondary N) is 1. The lowest BCUT2D eigenvalue weighted by Gasteiger charge is -2.41. The predicted octanol–water partition coefficient (Wildman–Crippen LogP) is 5.24. The first-order chi connectivity index (χ1) is 14.2. The Bertz CT molecular complexity index is 1040. The molecule has 0 saturated heterocycles. The van der Waals surface area contributed by atoms with Crippen LogP contribution in [-0.2, 0) is 0 Å². The molecule has 0 unspecified atom stereocenters. The SMILES string of the molecule is O=C(NC1(CN2CSc3ccccc32)CCCCC1)c1cnc2ccccc2c1. The van der Waals surface area contributed by atoms with Crippen molar-refractivity contribution in [2.75, 3.05) is 17.3 Å². The number of hydrogen-bond donors (Lipinski definition) is 1. The molecule has 1 aromatic heterocycles. The summed E-state index contributed by atoms with van der Waals surface area (Å²) in [6, 6.07) is 18.5. The van der Waals surface area contributed by atoms with Gasteiger partial charge >= 0.3 is 0 Å². The molecule has 148 valence electrons. The first-order valence-electron chi connectivity index (χ1n) is 10.4. The molecule has 29 heavy (non-hydrogen) atoms. The first kappa shape index (κ1) is 18.5. The van der Waals surface area contributed by atoms with Gasteiger partial charge in [0, 0.05) is 23.0 Å². The fraction of sp³-hybridized carbons (Fsp3) is 0.333. The highest BCUT2D eigenvalue weighted by Gasteiger charge is 2.37. The number of nitrogens with zero attached hydrogens (tertiary/aromatic N) is 2. The Hall–Kier alpha value is -2.53. The van der Waals surface area contributed by atoms with Crippen molar-refractivity contribution in [2.45, 2.75) is 42.5 Å². The Morgan fingerprint density at radius 1 is 1.07 bits per heavy atom. The predicted molar refractivity (Wildman–Crippen MR) is 120 cm³/mol. The Kier molecular flexibility index (Phi) is 4.92. The van der Waals surface area contributed by atoms with Crippen molar-refractivity contribution in [3.8, 4) is 0 Å². The zero-order valence-corrected chi connectivity index (χ0v) is 17.3. The molecule has 0 spiro atoms. The monoisotopic (exact) mass is 403 g/mol. The van der Waals surface area contributed by atoms with Crippen LogP contribution in [0.1, 0.15) is 42.5 Å². The zero-order valence-electron chi connectivity index (χ0n) is 16.4. The van der Waals surface area contributed by atoms with E-state index < -0.39 is 0 Å². The molecule has 3 aromatic rings. The molecule has 1 N–H and O–H groups in total. The number of pyridine rings is 1. The number of carbonyl (C=O) groups excluding carboxylic acids is 1. The van der Waals surface area contributed by atoms with Gasteiger partial charge in [-0.15, -0.1) is 11.8 Å². The standard InChI is InChI=1S/C24H25N3OS/c28-23(19-14-18-8-2-3-9-20(18)25-15-19)26-24(12-6-1-7-13-24)16-27-17-29-22-11-5-4-10-21(22)27/h2-5,8-11,14-15H,1,6-7,12-13,16-17H2,(H,26,28). The van der Waals surface area contributed by atoms with Crippen LogP contribution in [0.4, 0.5) is 5.69 Å². The van der Waals surface area contributed by atoms with E-state index in [1.54, 1.807) is 6.20 Å². The van der Waals surface area contributed by atoms with Crippen molar-refractivity contribution in [1.29, 1.82) is 0 Å². The molecule has 0 radical (unpaired) electrons. The molecule has 5 rings (SSSR count). The number of aromatic nitrogens is 1. The highest BCUT2D eigenvalue weighted by molar-refractivity contribution is 7.99. The molecule has 0 atom stereocenters. The molecule has 5 heteroatoms. The molecule has 0 bridgehead atoms. The summed E-state index contributed by atoms with van der Waals surface area (Å²) in [6.07, 6.45) is 7.35. The minimum Gasteiger partial charge on any atom is -0.359 e. The third-order valence-corrected chi connectivity index (χ3v) is 7.21. The lowest BCUT2D eigenvalue weighted by Crippen LogP contribution is -2.56. The summed E-state index contributed by atoms with van der Waals surface area (Å²) in [7, 11) is 0. The van der Waals surface area contributed by atoms with E-state index in [4.69, 9.17) is 0 Å². The maximum atomic E-state index is 13.2. The second-order valence-electron chi connectivity index (χ2n) is 8.15. The summed E-state index contributed by atoms with van der Waals surface area (Å²) in [6.45, 7) is 0.865. The average Bonchev–Trinajstić information content (AvgIpc) is 3.16. The number of thioether (sulfide) groups is 1. The van der Waals surface area contributed by atoms with Crippen LogP contribution in [0.3, 0.4) is 0 Å². The van der Waals surface area contributed by atoms with Gasteiger partial charge in [0.2, 0.25) is 0 Å². The molecule has 4 nitrogen and oxygen atoms in total. The summed E-state index contributed by atoms with van der Waals surface area (Å²) < 4.78 is 0. The van der Waals surface area contributed by atoms with E-state index in [0.29, 0.717) is 5.56 Å². The van der Waals surface area contributed by atoms with Crippen molar-refractivity contribution in [2.24, 2.45) is 0 Å². The van der Waals surface area contributed by atoms with Crippen LogP contribution in [0.25, 0.3) is 10.9 Å². The average molecular weight is 404 g/mol. The Morgan fingerprint density at radius 2 is 1.86 bits per heavy atom. The smallest absolute Gasteiger partial charge is 0.253 e. The van der Waals surface area contributed by atoms with E-state index in [2.05, 4.69) is 39.5 Å². The molecular formula is C24H25N3OS. The lowest BCUT2D eigenvalue weighted by molar-refractivity contribution is 0.0873. The number of carbonyl (C=O) groups is 1. The fourth-order valence-electron chi connectivity index (χ4n) is 4.61. The van der Waals surface area contributed by atoms with E-state index in [1.807, 2.05) is 42.1 Å². The number of fused-ring (bicyclic) bond motifs is 2. The molecule has 1 saturated carbocycles. The molecule has 2 aliphatic rings. The van der Waals surface area contributed by atoms with E-state index >= 15 is 0 Å². The summed E-state index contributed by atoms with van der Waals surface area (Å²) in [5, 5.41) is 4.44. The van der Waals surface area contributed by atoms with Crippen molar-refractivity contribution in [3.05, 3.63) is 66.4 Å². The number of anilines is 1. The highest BCUT2D eigenvalue weighted by atomic mass is 32.2. The lowest BCUT2D eigenvalue weighted by atomic mass is 9.81. The van der Waals surface area contributed by atoms with Gasteiger partial charge in [0.05, 0.1) is 28.2 Å². The molecule has 1 aliphatic heterocycles. The Balaban J connectivity index is 1.39. The van der Waals surface area contributed by atoms with Crippen LogP contribution in [0, 0.1) is 0 Å². The van der Waals surface area contributed by atoms with Crippen LogP contribution in [0.15, 0.2) is 65.7 Å². The normalized spacial score (nSPS) is 17.9. The fourth-order valence-corrected chi connectivity index (χ4v) is 5.66. The minimum atomic E-state index is -0.182. The van der Waals surface area contributed by atoms with Crippen molar-refractivity contribution < 1.29 is 4.79 Å². The number of hydrogen-bond acceptors (Lipinski definition) is 4. The van der Waals surface area contributed by atoms with Gasteiger partial charge in [-0.25, -0.2) is 0 Å². The topological polar surface area (TPSA) is 45.2 Å². The number of benzene rings is 2. The maximum absolute atomic E-state index is 13.2. The molecular weight excluding hydrogens is 378 g/mol. The summed E-state index contributed by atoms with van der Waals surface area (Å²) in [5.41, 5.74) is 2.68. The molecule has 1 amide bonds. The van der Waals surface area contributed by atoms with E-state index in [9.17, 15) is 4.79 Å². The molecule has 1 aliphatic carbocycles. The van der Waals surface area contributed by atoms with Crippen molar-refractivity contribution in [3.63, 3.8) is 0 Å². The third-order valence-electron chi connectivity index (χ3n) is 6.12. The van der Waals surface area contributed by atoms with E-state index in [1.165, 1.54) is 29.8 Å². The molecule has 2 aromatic carbocycles. The van der Waals surface area contributed by atoms with Crippen LogP contribution < -0.4 is 10.2 Å². The van der Waals surface area contributed by atoms with Crippen molar-refractivity contribution in [1.82, 2.24) is 10.3 Å². The van der Waals surface area contributed by atoms with Crippen molar-refractivity contribution >= 4 is 34.3 Å². The minimum absolute atomic E-state index is 0.00899. The van der Waals surface area contributed by atoms with Gasteiger partial charge < -0.3 is 10.2 Å². The van der Waals surface area contributed by atoms with E-state index in [-0.39, 0.29) is 11.4 Å². The maximum Gasteiger partial charge on any atom is 0.253 e. The molecule has 2 heterocycles. The van der Waals surface area contributed by atoms with Gasteiger partial charge in [0.15, 0.2) is 0 Å². The quantitative estimate of drug-likeness (QED) is 0.647. The summed E-state index contributed by atoms with van der Waals surface area (Å²) >= 11 is 1.88. The second kappa shape index (κ2) is 7.71. The summed E-state index contributed by atoms with van der Waals surface area (Å²) in [5.74, 6) is 0.944. The van der Waals surface area contributed by atoms with Gasteiger partial charge in [-0.05, 0) is 37.1 Å². The van der Waals surface area contributed by atoms with Crippen LogP contribution in [0.2, 0.25) is 0 Å². The number of amides is 1. The van der Waals surface area contributed by atoms with Gasteiger partial charge in [-0.2, -0.15) is 0 Å². The zero-order chi connectivity index (χ0) is 19.7. The van der Waals surface area contributed by atoms with Crippen LogP contribution in [0.5, 0.6) is 0 Å².